The Morgan fingerprint density at radius 1 is 0.409 bits per heavy atom. The third kappa shape index (κ3) is 7.99. The molecule has 0 aliphatic heterocycles. The minimum Gasteiger partial charge on any atom is -0.322 e. The summed E-state index contributed by atoms with van der Waals surface area (Å²) in [6, 6.07) is 38.7. The van der Waals surface area contributed by atoms with Crippen LogP contribution in [0.5, 0.6) is 0 Å². The highest BCUT2D eigenvalue weighted by atomic mass is 16.2. The molecule has 0 aliphatic carbocycles. The second-order valence-corrected chi connectivity index (χ2v) is 9.86. The van der Waals surface area contributed by atoms with E-state index in [2.05, 4.69) is 10.6 Å². The summed E-state index contributed by atoms with van der Waals surface area (Å²) in [4.78, 5) is 50.4. The van der Waals surface area contributed by atoms with Crippen molar-refractivity contribution in [3.8, 4) is 0 Å². The van der Waals surface area contributed by atoms with Crippen molar-refractivity contribution >= 4 is 46.9 Å². The summed E-state index contributed by atoms with van der Waals surface area (Å²) in [6.07, 6.45) is 6.47. The lowest BCUT2D eigenvalue weighted by Gasteiger charge is -2.09. The zero-order valence-corrected chi connectivity index (χ0v) is 23.6. The number of nitrogens with one attached hydrogen (secondary N) is 2. The number of hydrogen-bond donors (Lipinski definition) is 2. The van der Waals surface area contributed by atoms with Crippen LogP contribution in [0.4, 0.5) is 11.4 Å². The number of allylic oxidation sites excluding steroid dienone is 2. The van der Waals surface area contributed by atoms with Gasteiger partial charge < -0.3 is 10.6 Å². The Labute approximate surface area is 255 Å². The van der Waals surface area contributed by atoms with Crippen molar-refractivity contribution < 1.29 is 19.2 Å². The average molecular weight is 577 g/mol. The molecule has 0 aromatic heterocycles. The lowest BCUT2D eigenvalue weighted by molar-refractivity contribution is 0.102. The van der Waals surface area contributed by atoms with Crippen molar-refractivity contribution in [2.45, 2.75) is 0 Å². The predicted molar refractivity (Wildman–Crippen MR) is 175 cm³/mol. The Balaban J connectivity index is 1.16. The molecule has 0 fully saturated rings. The fourth-order valence-corrected chi connectivity index (χ4v) is 4.30. The molecule has 0 heterocycles. The summed E-state index contributed by atoms with van der Waals surface area (Å²) < 4.78 is 0. The fourth-order valence-electron chi connectivity index (χ4n) is 4.30. The molecule has 5 aromatic carbocycles. The zero-order chi connectivity index (χ0) is 30.7. The fraction of sp³-hybridized carbons (Fsp3) is 0. The van der Waals surface area contributed by atoms with Gasteiger partial charge in [-0.25, -0.2) is 0 Å². The minimum atomic E-state index is -0.358. The van der Waals surface area contributed by atoms with Crippen LogP contribution >= 0.6 is 0 Å². The quantitative estimate of drug-likeness (QED) is 0.130. The molecule has 0 bridgehead atoms. The van der Waals surface area contributed by atoms with Crippen LogP contribution in [0.2, 0.25) is 0 Å². The maximum absolute atomic E-state index is 12.9. The van der Waals surface area contributed by atoms with E-state index in [1.807, 2.05) is 36.4 Å². The van der Waals surface area contributed by atoms with Gasteiger partial charge in [-0.15, -0.1) is 0 Å². The largest absolute Gasteiger partial charge is 0.322 e. The second-order valence-electron chi connectivity index (χ2n) is 9.86. The Morgan fingerprint density at radius 3 is 1.16 bits per heavy atom. The summed E-state index contributed by atoms with van der Waals surface area (Å²) >= 11 is 0. The number of ketones is 2. The van der Waals surface area contributed by atoms with Gasteiger partial charge >= 0.3 is 0 Å². The molecule has 2 N–H and O–H groups in total. The van der Waals surface area contributed by atoms with Gasteiger partial charge in [0.1, 0.15) is 0 Å². The summed E-state index contributed by atoms with van der Waals surface area (Å²) in [5, 5.41) is 5.67. The molecule has 5 aromatic rings. The average Bonchev–Trinajstić information content (AvgIpc) is 3.08. The number of carbonyl (C=O) groups is 4. The van der Waals surface area contributed by atoms with E-state index in [0.717, 1.165) is 11.1 Å². The van der Waals surface area contributed by atoms with E-state index in [1.54, 1.807) is 103 Å². The van der Waals surface area contributed by atoms with E-state index < -0.39 is 0 Å². The third-order valence-corrected chi connectivity index (χ3v) is 6.69. The summed E-state index contributed by atoms with van der Waals surface area (Å²) in [6.45, 7) is 0. The zero-order valence-electron chi connectivity index (χ0n) is 23.6. The number of benzene rings is 5. The highest BCUT2D eigenvalue weighted by Gasteiger charge is 2.12. The molecule has 0 aliphatic rings. The van der Waals surface area contributed by atoms with Gasteiger partial charge in [-0.3, -0.25) is 19.2 Å². The molecule has 0 radical (unpaired) electrons. The van der Waals surface area contributed by atoms with Crippen LogP contribution in [0, 0.1) is 0 Å². The standard InChI is InChI=1S/C38H28N2O4/c41-35(29-8-3-1-4-9-29)24-18-27-14-20-33(21-15-27)39-37(43)31-12-7-13-32(26-31)38(44)40-34-22-16-28(17-23-34)19-25-36(42)30-10-5-2-6-11-30/h1-26H,(H,39,43)(H,40,44)/b24-18+,25-19+. The number of rotatable bonds is 10. The number of anilines is 2. The second kappa shape index (κ2) is 14.2. The highest BCUT2D eigenvalue weighted by Crippen LogP contribution is 2.16. The van der Waals surface area contributed by atoms with Crippen molar-refractivity contribution in [3.63, 3.8) is 0 Å². The molecule has 6 heteroatoms. The van der Waals surface area contributed by atoms with Gasteiger partial charge in [0.15, 0.2) is 11.6 Å². The Kier molecular flexibility index (Phi) is 9.45. The monoisotopic (exact) mass is 576 g/mol. The number of amides is 2. The van der Waals surface area contributed by atoms with Gasteiger partial charge in [-0.2, -0.15) is 0 Å². The van der Waals surface area contributed by atoms with E-state index in [-0.39, 0.29) is 23.4 Å². The molecular formula is C38H28N2O4. The molecule has 214 valence electrons. The first-order valence-corrected chi connectivity index (χ1v) is 13.9. The normalized spacial score (nSPS) is 10.9. The first-order valence-electron chi connectivity index (χ1n) is 13.9. The van der Waals surface area contributed by atoms with Crippen LogP contribution < -0.4 is 10.6 Å². The lowest BCUT2D eigenvalue weighted by atomic mass is 10.1. The van der Waals surface area contributed by atoms with Gasteiger partial charge in [0.05, 0.1) is 0 Å². The maximum Gasteiger partial charge on any atom is 0.255 e. The molecule has 5 rings (SSSR count). The highest BCUT2D eigenvalue weighted by molar-refractivity contribution is 6.09. The SMILES string of the molecule is O=C(/C=C/c1ccc(NC(=O)c2cccc(C(=O)Nc3ccc(/C=C/C(=O)c4ccccc4)cc3)c2)cc1)c1ccccc1. The molecule has 0 saturated carbocycles. The Hall–Kier alpha value is -6.14. The Bertz CT molecular complexity index is 1710. The lowest BCUT2D eigenvalue weighted by Crippen LogP contribution is -2.15. The van der Waals surface area contributed by atoms with Crippen LogP contribution in [-0.4, -0.2) is 23.4 Å². The number of hydrogen-bond acceptors (Lipinski definition) is 4. The van der Waals surface area contributed by atoms with Gasteiger partial charge in [0, 0.05) is 33.6 Å². The Morgan fingerprint density at radius 2 is 0.773 bits per heavy atom. The number of carbonyl (C=O) groups excluding carboxylic acids is 4. The van der Waals surface area contributed by atoms with E-state index in [0.29, 0.717) is 33.6 Å². The van der Waals surface area contributed by atoms with E-state index in [1.165, 1.54) is 18.2 Å². The molecule has 44 heavy (non-hydrogen) atoms. The molecule has 0 atom stereocenters. The van der Waals surface area contributed by atoms with Crippen molar-refractivity contribution in [1.29, 1.82) is 0 Å². The first-order chi connectivity index (χ1) is 21.4. The smallest absolute Gasteiger partial charge is 0.255 e. The van der Waals surface area contributed by atoms with E-state index >= 15 is 0 Å². The molecule has 0 saturated heterocycles. The third-order valence-electron chi connectivity index (χ3n) is 6.69. The summed E-state index contributed by atoms with van der Waals surface area (Å²) in [5.41, 5.74) is 4.68. The minimum absolute atomic E-state index is 0.0895. The van der Waals surface area contributed by atoms with Gasteiger partial charge in [0.2, 0.25) is 0 Å². The van der Waals surface area contributed by atoms with Crippen molar-refractivity contribution in [1.82, 2.24) is 0 Å². The van der Waals surface area contributed by atoms with Crippen molar-refractivity contribution in [3.05, 3.63) is 179 Å². The van der Waals surface area contributed by atoms with Gasteiger partial charge in [-0.05, 0) is 65.7 Å². The van der Waals surface area contributed by atoms with Crippen LogP contribution in [0.3, 0.4) is 0 Å². The van der Waals surface area contributed by atoms with Crippen molar-refractivity contribution in [2.75, 3.05) is 10.6 Å². The molecule has 6 nitrogen and oxygen atoms in total. The topological polar surface area (TPSA) is 92.3 Å². The molecule has 0 unspecified atom stereocenters. The molecule has 0 spiro atoms. The molecular weight excluding hydrogens is 548 g/mol. The van der Waals surface area contributed by atoms with Crippen LogP contribution in [0.15, 0.2) is 146 Å². The van der Waals surface area contributed by atoms with E-state index in [4.69, 9.17) is 0 Å². The van der Waals surface area contributed by atoms with Gasteiger partial charge in [0.25, 0.3) is 11.8 Å². The summed E-state index contributed by atoms with van der Waals surface area (Å²) in [7, 11) is 0. The van der Waals surface area contributed by atoms with Crippen LogP contribution in [0.25, 0.3) is 12.2 Å². The van der Waals surface area contributed by atoms with Crippen LogP contribution in [-0.2, 0) is 0 Å². The first kappa shape index (κ1) is 29.4. The predicted octanol–water partition coefficient (Wildman–Crippen LogP) is 7.98. The van der Waals surface area contributed by atoms with Crippen molar-refractivity contribution in [2.24, 2.45) is 0 Å². The van der Waals surface area contributed by atoms with Gasteiger partial charge in [-0.1, -0.05) is 103 Å². The maximum atomic E-state index is 12.9. The van der Waals surface area contributed by atoms with Crippen LogP contribution in [0.1, 0.15) is 52.6 Å². The molecule has 2 amide bonds. The van der Waals surface area contributed by atoms with E-state index in [9.17, 15) is 19.2 Å². The summed E-state index contributed by atoms with van der Waals surface area (Å²) in [5.74, 6) is -0.895.